The molecule has 86 valence electrons. The predicted molar refractivity (Wildman–Crippen MR) is 60.8 cm³/mol. The van der Waals surface area contributed by atoms with Gasteiger partial charge >= 0.3 is 14.0 Å². The first-order chi connectivity index (χ1) is 7.65. The van der Waals surface area contributed by atoms with Crippen LogP contribution in [0.15, 0.2) is 30.3 Å². The summed E-state index contributed by atoms with van der Waals surface area (Å²) in [5.41, 5.74) is 0. The Morgan fingerprint density at radius 2 is 2.00 bits per heavy atom. The van der Waals surface area contributed by atoms with E-state index < -0.39 is 13.9 Å². The molecule has 0 N–H and O–H groups in total. The van der Waals surface area contributed by atoms with Gasteiger partial charge in [0.05, 0.1) is 13.0 Å². The molecule has 0 spiro atoms. The van der Waals surface area contributed by atoms with Gasteiger partial charge in [-0.3, -0.25) is 4.79 Å². The van der Waals surface area contributed by atoms with E-state index in [1.165, 1.54) is 7.11 Å². The highest BCUT2D eigenvalue weighted by atomic mass is 31.1. The Labute approximate surface area is 95.4 Å². The van der Waals surface area contributed by atoms with E-state index in [0.29, 0.717) is 5.30 Å². The van der Waals surface area contributed by atoms with Crippen molar-refractivity contribution in [2.75, 3.05) is 13.7 Å². The molecule has 0 aliphatic carbocycles. The number of esters is 1. The van der Waals surface area contributed by atoms with Crippen LogP contribution in [0.3, 0.4) is 0 Å². The number of hydrogen-bond acceptors (Lipinski definition) is 4. The second-order valence-electron chi connectivity index (χ2n) is 3.31. The first-order valence-corrected chi connectivity index (χ1v) is 6.06. The predicted octanol–water partition coefficient (Wildman–Crippen LogP) is 1.88. The van der Waals surface area contributed by atoms with Gasteiger partial charge in [0.2, 0.25) is 5.30 Å². The van der Waals surface area contributed by atoms with Crippen LogP contribution in [-0.4, -0.2) is 19.7 Å². The second-order valence-corrected chi connectivity index (χ2v) is 4.60. The SMILES string of the molecule is COC(=O)C(C)CO[P+](=O)c1ccccc1. The first-order valence-electron chi connectivity index (χ1n) is 4.88. The zero-order valence-corrected chi connectivity index (χ0v) is 10.1. The third kappa shape index (κ3) is 3.72. The topological polar surface area (TPSA) is 52.6 Å². The van der Waals surface area contributed by atoms with E-state index >= 15 is 0 Å². The highest BCUT2D eigenvalue weighted by Gasteiger charge is 2.25. The lowest BCUT2D eigenvalue weighted by Crippen LogP contribution is -2.17. The Morgan fingerprint density at radius 3 is 2.56 bits per heavy atom. The molecular weight excluding hydrogens is 227 g/mol. The molecule has 1 aromatic rings. The van der Waals surface area contributed by atoms with Gasteiger partial charge in [0.15, 0.2) is 0 Å². The Hall–Kier alpha value is -1.25. The van der Waals surface area contributed by atoms with E-state index in [1.54, 1.807) is 31.2 Å². The van der Waals surface area contributed by atoms with Gasteiger partial charge in [-0.05, 0) is 23.6 Å². The molecule has 5 heteroatoms. The molecule has 4 nitrogen and oxygen atoms in total. The minimum absolute atomic E-state index is 0.0940. The largest absolute Gasteiger partial charge is 0.548 e. The van der Waals surface area contributed by atoms with Crippen LogP contribution in [-0.2, 0) is 18.6 Å². The molecule has 0 heterocycles. The zero-order valence-electron chi connectivity index (χ0n) is 9.25. The molecule has 0 bridgehead atoms. The summed E-state index contributed by atoms with van der Waals surface area (Å²) in [5, 5.41) is 0.620. The van der Waals surface area contributed by atoms with Crippen LogP contribution in [0.2, 0.25) is 0 Å². The van der Waals surface area contributed by atoms with Crippen LogP contribution in [0.5, 0.6) is 0 Å². The fourth-order valence-corrected chi connectivity index (χ4v) is 2.00. The van der Waals surface area contributed by atoms with Crippen molar-refractivity contribution in [2.45, 2.75) is 6.92 Å². The van der Waals surface area contributed by atoms with E-state index in [9.17, 15) is 9.36 Å². The van der Waals surface area contributed by atoms with Gasteiger partial charge in [0.25, 0.3) is 0 Å². The highest BCUT2D eigenvalue weighted by Crippen LogP contribution is 2.22. The molecule has 0 aliphatic rings. The summed E-state index contributed by atoms with van der Waals surface area (Å²) in [6.45, 7) is 1.76. The number of ether oxygens (including phenoxy) is 1. The Balaban J connectivity index is 2.45. The Morgan fingerprint density at radius 1 is 1.38 bits per heavy atom. The molecule has 2 atom stereocenters. The summed E-state index contributed by atoms with van der Waals surface area (Å²) < 4.78 is 21.3. The van der Waals surface area contributed by atoms with E-state index in [2.05, 4.69) is 4.74 Å². The molecule has 0 saturated heterocycles. The van der Waals surface area contributed by atoms with Crippen molar-refractivity contribution in [2.24, 2.45) is 5.92 Å². The van der Waals surface area contributed by atoms with Crippen molar-refractivity contribution in [3.05, 3.63) is 30.3 Å². The minimum Gasteiger partial charge on any atom is -0.469 e. The second kappa shape index (κ2) is 6.36. The average molecular weight is 241 g/mol. The van der Waals surface area contributed by atoms with E-state index in [-0.39, 0.29) is 12.6 Å². The summed E-state index contributed by atoms with van der Waals surface area (Å²) in [4.78, 5) is 11.1. The number of carbonyl (C=O) groups excluding carboxylic acids is 1. The maximum absolute atomic E-state index is 11.6. The van der Waals surface area contributed by atoms with Gasteiger partial charge in [0, 0.05) is 0 Å². The molecule has 0 aromatic heterocycles. The van der Waals surface area contributed by atoms with E-state index in [1.807, 2.05) is 6.07 Å². The third-order valence-corrected chi connectivity index (χ3v) is 3.12. The summed E-state index contributed by atoms with van der Waals surface area (Å²) >= 11 is 0. The summed E-state index contributed by atoms with van der Waals surface area (Å²) in [7, 11) is -0.580. The summed E-state index contributed by atoms with van der Waals surface area (Å²) in [6.07, 6.45) is 0. The monoisotopic (exact) mass is 241 g/mol. The average Bonchev–Trinajstić information content (AvgIpc) is 2.35. The van der Waals surface area contributed by atoms with Crippen molar-refractivity contribution in [1.29, 1.82) is 0 Å². The highest BCUT2D eigenvalue weighted by molar-refractivity contribution is 7.48. The van der Waals surface area contributed by atoms with Crippen LogP contribution < -0.4 is 5.30 Å². The molecule has 16 heavy (non-hydrogen) atoms. The number of rotatable bonds is 5. The smallest absolute Gasteiger partial charge is 0.469 e. The number of hydrogen-bond donors (Lipinski definition) is 0. The van der Waals surface area contributed by atoms with Crippen LogP contribution in [0.25, 0.3) is 0 Å². The molecule has 0 fully saturated rings. The van der Waals surface area contributed by atoms with Gasteiger partial charge in [-0.2, -0.15) is 0 Å². The molecular formula is C11H14O4P+. The van der Waals surface area contributed by atoms with Gasteiger partial charge in [-0.15, -0.1) is 4.52 Å². The van der Waals surface area contributed by atoms with Crippen molar-refractivity contribution in [1.82, 2.24) is 0 Å². The summed E-state index contributed by atoms with van der Waals surface area (Å²) in [6, 6.07) is 8.86. The molecule has 2 unspecified atom stereocenters. The van der Waals surface area contributed by atoms with Crippen molar-refractivity contribution < 1.29 is 18.6 Å². The quantitative estimate of drug-likeness (QED) is 0.583. The van der Waals surface area contributed by atoms with Gasteiger partial charge < -0.3 is 4.74 Å². The fourth-order valence-electron chi connectivity index (χ4n) is 1.07. The van der Waals surface area contributed by atoms with E-state index in [4.69, 9.17) is 4.52 Å². The zero-order chi connectivity index (χ0) is 12.0. The lowest BCUT2D eigenvalue weighted by Gasteiger charge is -2.03. The van der Waals surface area contributed by atoms with Crippen molar-refractivity contribution >= 4 is 19.3 Å². The number of carbonyl (C=O) groups is 1. The number of benzene rings is 1. The maximum atomic E-state index is 11.6. The van der Waals surface area contributed by atoms with Crippen LogP contribution in [0.4, 0.5) is 0 Å². The molecule has 0 saturated carbocycles. The van der Waals surface area contributed by atoms with Gasteiger partial charge in [-0.25, -0.2) is 0 Å². The standard InChI is InChI=1S/C11H14O4P/c1-9(11(12)14-2)8-15-16(13)10-6-4-3-5-7-10/h3-7,9H,8H2,1-2H3/q+1. The van der Waals surface area contributed by atoms with Gasteiger partial charge in [0.1, 0.15) is 6.61 Å². The van der Waals surface area contributed by atoms with Crippen LogP contribution >= 0.6 is 8.03 Å². The number of methoxy groups -OCH3 is 1. The van der Waals surface area contributed by atoms with Crippen LogP contribution in [0, 0.1) is 5.92 Å². The first kappa shape index (κ1) is 12.8. The van der Waals surface area contributed by atoms with Crippen LogP contribution in [0.1, 0.15) is 6.92 Å². The third-order valence-electron chi connectivity index (χ3n) is 2.01. The lowest BCUT2D eigenvalue weighted by atomic mass is 10.2. The molecule has 1 rings (SSSR count). The van der Waals surface area contributed by atoms with Gasteiger partial charge in [-0.1, -0.05) is 18.2 Å². The summed E-state index contributed by atoms with van der Waals surface area (Å²) in [5.74, 6) is -0.774. The normalized spacial score (nSPS) is 13.0. The lowest BCUT2D eigenvalue weighted by molar-refractivity contribution is -0.145. The maximum Gasteiger partial charge on any atom is 0.548 e. The Kier molecular flexibility index (Phi) is 5.09. The molecule has 1 aromatic carbocycles. The van der Waals surface area contributed by atoms with Crippen molar-refractivity contribution in [3.63, 3.8) is 0 Å². The Bertz CT molecular complexity index is 364. The minimum atomic E-state index is -1.90. The fraction of sp³-hybridized carbons (Fsp3) is 0.364. The molecule has 0 amide bonds. The molecule has 0 radical (unpaired) electrons. The van der Waals surface area contributed by atoms with Crippen molar-refractivity contribution in [3.8, 4) is 0 Å². The molecule has 0 aliphatic heterocycles. The van der Waals surface area contributed by atoms with E-state index in [0.717, 1.165) is 0 Å².